The first kappa shape index (κ1) is 16.2. The number of hydrogen-bond acceptors (Lipinski definition) is 4. The molecule has 0 fully saturated rings. The Kier molecular flexibility index (Phi) is 4.62. The molecule has 0 amide bonds. The van der Waals surface area contributed by atoms with Gasteiger partial charge < -0.3 is 9.30 Å². The van der Waals surface area contributed by atoms with Crippen LogP contribution in [0.4, 0.5) is 0 Å². The van der Waals surface area contributed by atoms with Crippen LogP contribution in [0, 0.1) is 13.8 Å². The Balaban J connectivity index is 1.71. The Morgan fingerprint density at radius 2 is 1.88 bits per heavy atom. The van der Waals surface area contributed by atoms with E-state index in [-0.39, 0.29) is 12.4 Å². The standard InChI is InChI=1S/C19H17NO3S/c1-13-5-6-14(2)15(11-13)17(21)12-23-19(22)18-16(7-10-24-18)20-8-3-4-9-20/h3-11H,12H2,1-2H3. The number of ether oxygens (including phenoxy) is 1. The van der Waals surface area contributed by atoms with Gasteiger partial charge in [0.05, 0.1) is 5.69 Å². The number of hydrogen-bond donors (Lipinski definition) is 0. The molecule has 0 aliphatic heterocycles. The number of aromatic nitrogens is 1. The molecule has 24 heavy (non-hydrogen) atoms. The van der Waals surface area contributed by atoms with Gasteiger partial charge in [0.15, 0.2) is 6.61 Å². The molecule has 122 valence electrons. The van der Waals surface area contributed by atoms with Crippen molar-refractivity contribution in [3.63, 3.8) is 0 Å². The molecule has 0 bridgehead atoms. The number of ketones is 1. The number of carbonyl (C=O) groups is 2. The van der Waals surface area contributed by atoms with Gasteiger partial charge in [-0.25, -0.2) is 4.79 Å². The van der Waals surface area contributed by atoms with Crippen LogP contribution in [0.3, 0.4) is 0 Å². The smallest absolute Gasteiger partial charge is 0.350 e. The highest BCUT2D eigenvalue weighted by molar-refractivity contribution is 7.12. The number of esters is 1. The second-order valence-corrected chi connectivity index (χ2v) is 6.46. The lowest BCUT2D eigenvalue weighted by molar-refractivity contribution is 0.0479. The van der Waals surface area contributed by atoms with Crippen molar-refractivity contribution in [2.75, 3.05) is 6.61 Å². The van der Waals surface area contributed by atoms with Crippen LogP contribution in [-0.4, -0.2) is 22.9 Å². The molecule has 3 rings (SSSR count). The molecular formula is C19H17NO3S. The first-order valence-electron chi connectivity index (χ1n) is 7.54. The summed E-state index contributed by atoms with van der Waals surface area (Å²) in [5.41, 5.74) is 3.24. The summed E-state index contributed by atoms with van der Waals surface area (Å²) < 4.78 is 7.09. The van der Waals surface area contributed by atoms with Gasteiger partial charge in [-0.15, -0.1) is 11.3 Å². The second-order valence-electron chi connectivity index (χ2n) is 5.54. The van der Waals surface area contributed by atoms with Crippen molar-refractivity contribution in [3.8, 4) is 5.69 Å². The van der Waals surface area contributed by atoms with Gasteiger partial charge in [-0.1, -0.05) is 17.7 Å². The number of rotatable bonds is 5. The maximum absolute atomic E-state index is 12.3. The highest BCUT2D eigenvalue weighted by Crippen LogP contribution is 2.22. The summed E-state index contributed by atoms with van der Waals surface area (Å²) in [6, 6.07) is 11.3. The summed E-state index contributed by atoms with van der Waals surface area (Å²) >= 11 is 1.30. The Labute approximate surface area is 144 Å². The first-order chi connectivity index (χ1) is 11.6. The van der Waals surface area contributed by atoms with E-state index in [9.17, 15) is 9.59 Å². The van der Waals surface area contributed by atoms with Crippen molar-refractivity contribution in [1.82, 2.24) is 4.57 Å². The number of benzene rings is 1. The van der Waals surface area contributed by atoms with Crippen LogP contribution < -0.4 is 0 Å². The molecule has 0 atom stereocenters. The third kappa shape index (κ3) is 3.31. The van der Waals surface area contributed by atoms with Crippen LogP contribution in [0.15, 0.2) is 54.2 Å². The summed E-state index contributed by atoms with van der Waals surface area (Å²) in [4.78, 5) is 25.1. The van der Waals surface area contributed by atoms with Crippen molar-refractivity contribution < 1.29 is 14.3 Å². The number of nitrogens with zero attached hydrogens (tertiary/aromatic N) is 1. The number of thiophene rings is 1. The van der Waals surface area contributed by atoms with Gasteiger partial charge in [-0.2, -0.15) is 0 Å². The topological polar surface area (TPSA) is 48.3 Å². The molecular weight excluding hydrogens is 322 g/mol. The van der Waals surface area contributed by atoms with E-state index >= 15 is 0 Å². The van der Waals surface area contributed by atoms with E-state index in [1.807, 2.05) is 72.6 Å². The lowest BCUT2D eigenvalue weighted by Gasteiger charge is -2.08. The van der Waals surface area contributed by atoms with Gasteiger partial charge >= 0.3 is 5.97 Å². The molecule has 3 aromatic rings. The zero-order valence-corrected chi connectivity index (χ0v) is 14.3. The minimum atomic E-state index is -0.479. The second kappa shape index (κ2) is 6.84. The Morgan fingerprint density at radius 1 is 1.12 bits per heavy atom. The van der Waals surface area contributed by atoms with Crippen LogP contribution in [0.25, 0.3) is 5.69 Å². The average Bonchev–Trinajstić information content (AvgIpc) is 3.24. The van der Waals surface area contributed by atoms with Crippen LogP contribution in [0.2, 0.25) is 0 Å². The molecule has 0 radical (unpaired) electrons. The minimum absolute atomic E-state index is 0.191. The van der Waals surface area contributed by atoms with E-state index in [1.165, 1.54) is 11.3 Å². The van der Waals surface area contributed by atoms with E-state index in [2.05, 4.69) is 0 Å². The zero-order valence-electron chi connectivity index (χ0n) is 13.5. The quantitative estimate of drug-likeness (QED) is 0.517. The maximum Gasteiger partial charge on any atom is 0.350 e. The third-order valence-electron chi connectivity index (χ3n) is 3.74. The molecule has 0 aliphatic rings. The van der Waals surface area contributed by atoms with Gasteiger partial charge in [0, 0.05) is 18.0 Å². The van der Waals surface area contributed by atoms with E-state index in [4.69, 9.17) is 4.74 Å². The van der Waals surface area contributed by atoms with E-state index in [0.29, 0.717) is 10.4 Å². The molecule has 4 nitrogen and oxygen atoms in total. The summed E-state index contributed by atoms with van der Waals surface area (Å²) in [5, 5.41) is 1.83. The fourth-order valence-corrected chi connectivity index (χ4v) is 3.25. The van der Waals surface area contributed by atoms with Gasteiger partial charge in [0.2, 0.25) is 5.78 Å². The monoisotopic (exact) mass is 339 g/mol. The van der Waals surface area contributed by atoms with Gasteiger partial charge in [-0.3, -0.25) is 4.79 Å². The Hall–Kier alpha value is -2.66. The number of carbonyl (C=O) groups excluding carboxylic acids is 2. The third-order valence-corrected chi connectivity index (χ3v) is 4.62. The lowest BCUT2D eigenvalue weighted by Crippen LogP contribution is -2.15. The zero-order chi connectivity index (χ0) is 17.1. The van der Waals surface area contributed by atoms with Crippen molar-refractivity contribution >= 4 is 23.1 Å². The molecule has 0 saturated carbocycles. The molecule has 2 aromatic heterocycles. The fourth-order valence-electron chi connectivity index (χ4n) is 2.46. The Morgan fingerprint density at radius 3 is 2.62 bits per heavy atom. The van der Waals surface area contributed by atoms with Crippen molar-refractivity contribution in [1.29, 1.82) is 0 Å². The van der Waals surface area contributed by atoms with Crippen LogP contribution >= 0.6 is 11.3 Å². The van der Waals surface area contributed by atoms with E-state index in [0.717, 1.165) is 16.8 Å². The fraction of sp³-hybridized carbons (Fsp3) is 0.158. The molecule has 0 spiro atoms. The van der Waals surface area contributed by atoms with Crippen LogP contribution in [0.1, 0.15) is 31.2 Å². The highest BCUT2D eigenvalue weighted by Gasteiger charge is 2.18. The average molecular weight is 339 g/mol. The molecule has 1 aromatic carbocycles. The van der Waals surface area contributed by atoms with Crippen LogP contribution in [0.5, 0.6) is 0 Å². The van der Waals surface area contributed by atoms with E-state index < -0.39 is 5.97 Å². The number of Topliss-reactive ketones (excluding diaryl/α,β-unsaturated/α-hetero) is 1. The SMILES string of the molecule is Cc1ccc(C)c(C(=O)COC(=O)c2sccc2-n2cccc2)c1. The predicted molar refractivity (Wildman–Crippen MR) is 94.2 cm³/mol. The van der Waals surface area contributed by atoms with Gasteiger partial charge in [-0.05, 0) is 49.1 Å². The minimum Gasteiger partial charge on any atom is -0.453 e. The molecule has 0 saturated heterocycles. The van der Waals surface area contributed by atoms with Gasteiger partial charge in [0.25, 0.3) is 0 Å². The van der Waals surface area contributed by atoms with Crippen molar-refractivity contribution in [2.24, 2.45) is 0 Å². The molecule has 2 heterocycles. The molecule has 0 aliphatic carbocycles. The predicted octanol–water partition coefficient (Wildman–Crippen LogP) is 4.20. The summed E-state index contributed by atoms with van der Waals surface area (Å²) in [6.45, 7) is 3.54. The molecule has 0 N–H and O–H groups in total. The summed E-state index contributed by atoms with van der Waals surface area (Å²) in [7, 11) is 0. The normalized spacial score (nSPS) is 10.6. The number of aryl methyl sites for hydroxylation is 2. The highest BCUT2D eigenvalue weighted by atomic mass is 32.1. The Bertz CT molecular complexity index is 878. The lowest BCUT2D eigenvalue weighted by atomic mass is 10.0. The van der Waals surface area contributed by atoms with Crippen LogP contribution in [-0.2, 0) is 4.74 Å². The summed E-state index contributed by atoms with van der Waals surface area (Å²) in [6.07, 6.45) is 3.72. The van der Waals surface area contributed by atoms with Crippen molar-refractivity contribution in [2.45, 2.75) is 13.8 Å². The van der Waals surface area contributed by atoms with Gasteiger partial charge in [0.1, 0.15) is 4.88 Å². The molecule has 5 heteroatoms. The van der Waals surface area contributed by atoms with E-state index in [1.54, 1.807) is 0 Å². The summed E-state index contributed by atoms with van der Waals surface area (Å²) in [5.74, 6) is -0.670. The molecule has 0 unspecified atom stereocenters. The largest absolute Gasteiger partial charge is 0.453 e. The van der Waals surface area contributed by atoms with Crippen molar-refractivity contribution in [3.05, 3.63) is 75.7 Å². The maximum atomic E-state index is 12.3. The first-order valence-corrected chi connectivity index (χ1v) is 8.42.